The first kappa shape index (κ1) is 17.7. The van der Waals surface area contributed by atoms with Crippen molar-refractivity contribution in [3.8, 4) is 0 Å². The highest BCUT2D eigenvalue weighted by Crippen LogP contribution is 2.26. The maximum atomic E-state index is 10.8. The Morgan fingerprint density at radius 2 is 2.09 bits per heavy atom. The second-order valence-corrected chi connectivity index (χ2v) is 7.55. The summed E-state index contributed by atoms with van der Waals surface area (Å²) in [7, 11) is 0. The van der Waals surface area contributed by atoms with Crippen molar-refractivity contribution in [2.75, 3.05) is 6.54 Å². The van der Waals surface area contributed by atoms with Crippen molar-refractivity contribution >= 4 is 32.9 Å². The molecule has 5 nitrogen and oxygen atoms in total. The quantitative estimate of drug-likeness (QED) is 0.725. The lowest BCUT2D eigenvalue weighted by molar-refractivity contribution is 0.193. The molecule has 0 fully saturated rings. The minimum absolute atomic E-state index is 0.0229. The number of halogens is 1. The number of nitrogens with zero attached hydrogens (tertiary/aromatic N) is 2. The molecule has 124 valence electrons. The van der Waals surface area contributed by atoms with E-state index in [1.807, 2.05) is 18.3 Å². The Morgan fingerprint density at radius 1 is 1.35 bits per heavy atom. The number of benzene rings is 1. The predicted molar refractivity (Wildman–Crippen MR) is 95.1 cm³/mol. The highest BCUT2D eigenvalue weighted by molar-refractivity contribution is 9.09. The lowest BCUT2D eigenvalue weighted by Gasteiger charge is -2.18. The molecule has 0 spiro atoms. The van der Waals surface area contributed by atoms with Crippen LogP contribution >= 0.6 is 15.9 Å². The summed E-state index contributed by atoms with van der Waals surface area (Å²) in [6.07, 6.45) is 1.64. The van der Waals surface area contributed by atoms with Crippen molar-refractivity contribution in [3.63, 3.8) is 0 Å². The van der Waals surface area contributed by atoms with Crippen LogP contribution in [0.3, 0.4) is 0 Å². The van der Waals surface area contributed by atoms with E-state index in [9.17, 15) is 4.79 Å². The molecule has 2 unspecified atom stereocenters. The summed E-state index contributed by atoms with van der Waals surface area (Å²) in [5, 5.41) is 12.3. The topological polar surface area (TPSA) is 75.1 Å². The molecule has 2 aromatic rings. The molecule has 1 heterocycles. The molecule has 0 saturated carbocycles. The molecule has 2 N–H and O–H groups in total. The largest absolute Gasteiger partial charge is 0.465 e. The number of aromatic nitrogens is 2. The Bertz CT molecular complexity index is 689. The van der Waals surface area contributed by atoms with E-state index in [0.29, 0.717) is 18.3 Å². The maximum absolute atomic E-state index is 10.8. The number of carboxylic acid groups (broad SMARTS) is 1. The molecular formula is C17H22BrN3O2. The van der Waals surface area contributed by atoms with Gasteiger partial charge in [-0.2, -0.15) is 0 Å². The van der Waals surface area contributed by atoms with Gasteiger partial charge < -0.3 is 10.4 Å². The van der Waals surface area contributed by atoms with Gasteiger partial charge in [-0.05, 0) is 37.0 Å². The zero-order valence-corrected chi connectivity index (χ0v) is 15.2. The summed E-state index contributed by atoms with van der Waals surface area (Å²) in [5.74, 6) is 1.11. The van der Waals surface area contributed by atoms with Gasteiger partial charge in [0.2, 0.25) is 0 Å². The van der Waals surface area contributed by atoms with Gasteiger partial charge in [0.15, 0.2) is 0 Å². The molecule has 0 aliphatic carbocycles. The van der Waals surface area contributed by atoms with E-state index in [1.54, 1.807) is 0 Å². The summed E-state index contributed by atoms with van der Waals surface area (Å²) in [5.41, 5.74) is 2.07. The van der Waals surface area contributed by atoms with Gasteiger partial charge in [-0.3, -0.25) is 0 Å². The highest BCUT2D eigenvalue weighted by Gasteiger charge is 2.18. The fraction of sp³-hybridized carbons (Fsp3) is 0.471. The monoisotopic (exact) mass is 379 g/mol. The zero-order valence-electron chi connectivity index (χ0n) is 13.6. The predicted octanol–water partition coefficient (Wildman–Crippen LogP) is 4.48. The van der Waals surface area contributed by atoms with Crippen LogP contribution < -0.4 is 5.32 Å². The highest BCUT2D eigenvalue weighted by atomic mass is 79.9. The number of carbonyl (C=O) groups is 1. The standard InChI is InChI=1S/C17H22BrN3O2/c1-10(2)6-14(9-20-17(22)23)16-19-8-13-7-12(11(3)18)4-5-15(13)21-16/h4-5,7-8,10-11,14,20H,6,9H2,1-3H3,(H,22,23). The summed E-state index contributed by atoms with van der Waals surface area (Å²) >= 11 is 3.56. The Labute approximate surface area is 144 Å². The number of hydrogen-bond acceptors (Lipinski definition) is 3. The van der Waals surface area contributed by atoms with E-state index in [0.717, 1.165) is 17.3 Å². The first-order valence-electron chi connectivity index (χ1n) is 7.74. The molecule has 2 rings (SSSR count). The van der Waals surface area contributed by atoms with Crippen LogP contribution in [-0.4, -0.2) is 27.7 Å². The summed E-state index contributed by atoms with van der Waals surface area (Å²) in [6.45, 7) is 6.62. The summed E-state index contributed by atoms with van der Waals surface area (Å²) < 4.78 is 0. The number of hydrogen-bond donors (Lipinski definition) is 2. The molecule has 1 amide bonds. The minimum Gasteiger partial charge on any atom is -0.465 e. The van der Waals surface area contributed by atoms with Gasteiger partial charge in [-0.1, -0.05) is 35.8 Å². The van der Waals surface area contributed by atoms with Gasteiger partial charge in [0.25, 0.3) is 0 Å². The Balaban J connectivity index is 2.31. The van der Waals surface area contributed by atoms with Crippen molar-refractivity contribution in [2.45, 2.75) is 37.9 Å². The molecule has 6 heteroatoms. The second kappa shape index (κ2) is 7.73. The van der Waals surface area contributed by atoms with Gasteiger partial charge in [0.05, 0.1) is 5.52 Å². The number of amides is 1. The van der Waals surface area contributed by atoms with Gasteiger partial charge >= 0.3 is 6.09 Å². The fourth-order valence-corrected chi connectivity index (χ4v) is 2.85. The molecule has 23 heavy (non-hydrogen) atoms. The molecule has 0 aliphatic rings. The maximum Gasteiger partial charge on any atom is 0.404 e. The van der Waals surface area contributed by atoms with Crippen LogP contribution in [0.15, 0.2) is 24.4 Å². The molecule has 1 aromatic carbocycles. The number of fused-ring (bicyclic) bond motifs is 1. The molecular weight excluding hydrogens is 358 g/mol. The third kappa shape index (κ3) is 4.89. The lowest BCUT2D eigenvalue weighted by atomic mass is 9.96. The van der Waals surface area contributed by atoms with E-state index in [-0.39, 0.29) is 10.7 Å². The number of nitrogens with one attached hydrogen (secondary N) is 1. The van der Waals surface area contributed by atoms with Crippen LogP contribution in [0.25, 0.3) is 10.9 Å². The van der Waals surface area contributed by atoms with Crippen LogP contribution in [0.5, 0.6) is 0 Å². The third-order valence-corrected chi connectivity index (χ3v) is 4.23. The van der Waals surface area contributed by atoms with E-state index >= 15 is 0 Å². The molecule has 2 atom stereocenters. The van der Waals surface area contributed by atoms with Crippen LogP contribution in [0, 0.1) is 5.92 Å². The van der Waals surface area contributed by atoms with Crippen molar-refractivity contribution < 1.29 is 9.90 Å². The Morgan fingerprint density at radius 3 is 2.70 bits per heavy atom. The van der Waals surface area contributed by atoms with Crippen LogP contribution in [0.4, 0.5) is 4.79 Å². The van der Waals surface area contributed by atoms with Gasteiger partial charge in [-0.15, -0.1) is 0 Å². The van der Waals surface area contributed by atoms with Crippen LogP contribution in [0.2, 0.25) is 0 Å². The van der Waals surface area contributed by atoms with E-state index in [4.69, 9.17) is 5.11 Å². The van der Waals surface area contributed by atoms with Crippen LogP contribution in [-0.2, 0) is 0 Å². The summed E-state index contributed by atoms with van der Waals surface area (Å²) in [6, 6.07) is 6.11. The van der Waals surface area contributed by atoms with Crippen molar-refractivity contribution in [1.82, 2.24) is 15.3 Å². The smallest absolute Gasteiger partial charge is 0.404 e. The van der Waals surface area contributed by atoms with E-state index < -0.39 is 6.09 Å². The van der Waals surface area contributed by atoms with Gasteiger partial charge in [0.1, 0.15) is 5.82 Å². The molecule has 1 aromatic heterocycles. The lowest BCUT2D eigenvalue weighted by Crippen LogP contribution is -2.28. The average molecular weight is 380 g/mol. The van der Waals surface area contributed by atoms with Crippen molar-refractivity contribution in [1.29, 1.82) is 0 Å². The number of rotatable bonds is 6. The summed E-state index contributed by atoms with van der Waals surface area (Å²) in [4.78, 5) is 20.2. The van der Waals surface area contributed by atoms with Gasteiger partial charge in [-0.25, -0.2) is 14.8 Å². The van der Waals surface area contributed by atoms with Crippen molar-refractivity contribution in [2.24, 2.45) is 5.92 Å². The zero-order chi connectivity index (χ0) is 17.0. The molecule has 0 aliphatic heterocycles. The SMILES string of the molecule is CC(C)CC(CNC(=O)O)c1ncc2cc(C(C)Br)ccc2n1. The molecule has 0 saturated heterocycles. The van der Waals surface area contributed by atoms with E-state index in [2.05, 4.69) is 58.1 Å². The third-order valence-electron chi connectivity index (χ3n) is 3.70. The van der Waals surface area contributed by atoms with Gasteiger partial charge in [0, 0.05) is 28.9 Å². The van der Waals surface area contributed by atoms with Crippen molar-refractivity contribution in [3.05, 3.63) is 35.8 Å². The fourth-order valence-electron chi connectivity index (χ4n) is 2.57. The minimum atomic E-state index is -1.02. The molecule has 0 bridgehead atoms. The Hall–Kier alpha value is -1.69. The molecule has 0 radical (unpaired) electrons. The number of alkyl halides is 1. The first-order chi connectivity index (χ1) is 10.9. The van der Waals surface area contributed by atoms with Crippen LogP contribution in [0.1, 0.15) is 49.3 Å². The van der Waals surface area contributed by atoms with E-state index in [1.165, 1.54) is 5.56 Å². The second-order valence-electron chi connectivity index (χ2n) is 6.17. The normalized spacial score (nSPS) is 14.0. The average Bonchev–Trinajstić information content (AvgIpc) is 2.49. The first-order valence-corrected chi connectivity index (χ1v) is 8.66. The Kier molecular flexibility index (Phi) is 5.93.